The first-order valence-corrected chi connectivity index (χ1v) is 7.59. The number of amides is 1. The number of hydrogen-bond donors (Lipinski definition) is 1. The van der Waals surface area contributed by atoms with Crippen molar-refractivity contribution in [2.75, 3.05) is 11.9 Å². The van der Waals surface area contributed by atoms with Crippen LogP contribution in [0.1, 0.15) is 16.7 Å². The summed E-state index contributed by atoms with van der Waals surface area (Å²) in [5.41, 5.74) is 3.71. The standard InChI is InChI=1S/C18H18ClNO3/c1-12-3-8-16(9-13(12)2)20-17(21)11-23-18(22)10-14-4-6-15(19)7-5-14/h3-9H,10-11H2,1-2H3,(H,20,21). The first kappa shape index (κ1) is 17.0. The number of esters is 1. The summed E-state index contributed by atoms with van der Waals surface area (Å²) in [7, 11) is 0. The Morgan fingerprint density at radius 3 is 2.39 bits per heavy atom. The SMILES string of the molecule is Cc1ccc(NC(=O)COC(=O)Cc2ccc(Cl)cc2)cc1C. The summed E-state index contributed by atoms with van der Waals surface area (Å²) < 4.78 is 4.98. The van der Waals surface area contributed by atoms with Crippen molar-refractivity contribution in [2.45, 2.75) is 20.3 Å². The van der Waals surface area contributed by atoms with Crippen molar-refractivity contribution in [3.8, 4) is 0 Å². The average Bonchev–Trinajstić information content (AvgIpc) is 2.51. The van der Waals surface area contributed by atoms with Gasteiger partial charge >= 0.3 is 5.97 Å². The molecule has 0 spiro atoms. The van der Waals surface area contributed by atoms with E-state index in [0.29, 0.717) is 10.7 Å². The van der Waals surface area contributed by atoms with Crippen molar-refractivity contribution >= 4 is 29.2 Å². The van der Waals surface area contributed by atoms with Crippen molar-refractivity contribution in [1.82, 2.24) is 0 Å². The van der Waals surface area contributed by atoms with E-state index in [2.05, 4.69) is 5.32 Å². The largest absolute Gasteiger partial charge is 0.455 e. The number of aryl methyl sites for hydroxylation is 2. The monoisotopic (exact) mass is 331 g/mol. The van der Waals surface area contributed by atoms with Gasteiger partial charge in [0.05, 0.1) is 6.42 Å². The van der Waals surface area contributed by atoms with Crippen LogP contribution in [0.25, 0.3) is 0 Å². The molecule has 0 heterocycles. The number of carbonyl (C=O) groups is 2. The summed E-state index contributed by atoms with van der Waals surface area (Å²) in [6, 6.07) is 12.5. The van der Waals surface area contributed by atoms with E-state index in [4.69, 9.17) is 16.3 Å². The van der Waals surface area contributed by atoms with E-state index in [1.807, 2.05) is 32.0 Å². The van der Waals surface area contributed by atoms with Crippen molar-refractivity contribution in [3.63, 3.8) is 0 Å². The Morgan fingerprint density at radius 2 is 1.74 bits per heavy atom. The maximum Gasteiger partial charge on any atom is 0.310 e. The zero-order valence-corrected chi connectivity index (χ0v) is 13.8. The number of carbonyl (C=O) groups excluding carboxylic acids is 2. The molecule has 23 heavy (non-hydrogen) atoms. The van der Waals surface area contributed by atoms with Crippen LogP contribution < -0.4 is 5.32 Å². The number of benzene rings is 2. The second-order valence-corrected chi connectivity index (χ2v) is 5.75. The van der Waals surface area contributed by atoms with Crippen LogP contribution in [0.4, 0.5) is 5.69 Å². The van der Waals surface area contributed by atoms with Gasteiger partial charge in [0, 0.05) is 10.7 Å². The number of halogens is 1. The molecule has 0 bridgehead atoms. The molecule has 1 amide bonds. The molecule has 0 aliphatic heterocycles. The lowest BCUT2D eigenvalue weighted by atomic mass is 10.1. The lowest BCUT2D eigenvalue weighted by Crippen LogP contribution is -2.21. The molecule has 2 aromatic carbocycles. The van der Waals surface area contributed by atoms with Crippen molar-refractivity contribution in [3.05, 3.63) is 64.2 Å². The fourth-order valence-corrected chi connectivity index (χ4v) is 2.11. The Kier molecular flexibility index (Phi) is 5.77. The summed E-state index contributed by atoms with van der Waals surface area (Å²) in [4.78, 5) is 23.5. The van der Waals surface area contributed by atoms with E-state index < -0.39 is 5.97 Å². The number of ether oxygens (including phenoxy) is 1. The van der Waals surface area contributed by atoms with Crippen LogP contribution in [0.5, 0.6) is 0 Å². The summed E-state index contributed by atoms with van der Waals surface area (Å²) in [5, 5.41) is 3.31. The maximum atomic E-state index is 11.8. The molecule has 0 unspecified atom stereocenters. The summed E-state index contributed by atoms with van der Waals surface area (Å²) in [5.74, 6) is -0.819. The quantitative estimate of drug-likeness (QED) is 0.850. The predicted octanol–water partition coefficient (Wildman–Crippen LogP) is 3.68. The second kappa shape index (κ2) is 7.79. The zero-order chi connectivity index (χ0) is 16.8. The van der Waals surface area contributed by atoms with E-state index in [1.165, 1.54) is 0 Å². The molecule has 4 nitrogen and oxygen atoms in total. The zero-order valence-electron chi connectivity index (χ0n) is 13.1. The minimum atomic E-state index is -0.456. The minimum absolute atomic E-state index is 0.105. The number of hydrogen-bond acceptors (Lipinski definition) is 3. The highest BCUT2D eigenvalue weighted by atomic mass is 35.5. The molecule has 0 radical (unpaired) electrons. The van der Waals surface area contributed by atoms with E-state index in [-0.39, 0.29) is 18.9 Å². The van der Waals surface area contributed by atoms with Gasteiger partial charge in [-0.15, -0.1) is 0 Å². The lowest BCUT2D eigenvalue weighted by Gasteiger charge is -2.08. The fraction of sp³-hybridized carbons (Fsp3) is 0.222. The van der Waals surface area contributed by atoms with Crippen LogP contribution in [-0.2, 0) is 20.7 Å². The molecule has 1 N–H and O–H groups in total. The molecule has 0 atom stereocenters. The van der Waals surface area contributed by atoms with Gasteiger partial charge in [0.1, 0.15) is 0 Å². The van der Waals surface area contributed by atoms with Crippen molar-refractivity contribution in [2.24, 2.45) is 0 Å². The fourth-order valence-electron chi connectivity index (χ4n) is 1.98. The van der Waals surface area contributed by atoms with Crippen LogP contribution in [0.15, 0.2) is 42.5 Å². The number of nitrogens with one attached hydrogen (secondary N) is 1. The molecular weight excluding hydrogens is 314 g/mol. The molecule has 2 aromatic rings. The van der Waals surface area contributed by atoms with E-state index in [1.54, 1.807) is 24.3 Å². The lowest BCUT2D eigenvalue weighted by molar-refractivity contribution is -0.146. The van der Waals surface area contributed by atoms with E-state index in [0.717, 1.165) is 16.7 Å². The first-order chi connectivity index (χ1) is 10.9. The van der Waals surface area contributed by atoms with Gasteiger partial charge in [0.15, 0.2) is 6.61 Å². The Hall–Kier alpha value is -2.33. The molecule has 2 rings (SSSR count). The third-order valence-corrected chi connectivity index (χ3v) is 3.67. The van der Waals surface area contributed by atoms with Crippen LogP contribution >= 0.6 is 11.6 Å². The van der Waals surface area contributed by atoms with Gasteiger partial charge in [-0.2, -0.15) is 0 Å². The molecule has 0 fully saturated rings. The van der Waals surface area contributed by atoms with Gasteiger partial charge in [0.25, 0.3) is 5.91 Å². The molecule has 0 aromatic heterocycles. The van der Waals surface area contributed by atoms with E-state index in [9.17, 15) is 9.59 Å². The number of anilines is 1. The molecule has 5 heteroatoms. The van der Waals surface area contributed by atoms with Crippen LogP contribution in [0, 0.1) is 13.8 Å². The Morgan fingerprint density at radius 1 is 1.04 bits per heavy atom. The first-order valence-electron chi connectivity index (χ1n) is 7.21. The van der Waals surface area contributed by atoms with Crippen LogP contribution in [-0.4, -0.2) is 18.5 Å². The highest BCUT2D eigenvalue weighted by Gasteiger charge is 2.09. The smallest absolute Gasteiger partial charge is 0.310 e. The molecule has 120 valence electrons. The predicted molar refractivity (Wildman–Crippen MR) is 90.7 cm³/mol. The Bertz CT molecular complexity index is 711. The average molecular weight is 332 g/mol. The highest BCUT2D eigenvalue weighted by Crippen LogP contribution is 2.14. The minimum Gasteiger partial charge on any atom is -0.455 e. The van der Waals surface area contributed by atoms with Gasteiger partial charge in [-0.05, 0) is 54.8 Å². The maximum absolute atomic E-state index is 11.8. The van der Waals surface area contributed by atoms with Gasteiger partial charge < -0.3 is 10.1 Å². The summed E-state index contributed by atoms with van der Waals surface area (Å²) in [6.45, 7) is 3.66. The molecule has 0 saturated carbocycles. The van der Waals surface area contributed by atoms with Crippen molar-refractivity contribution in [1.29, 1.82) is 0 Å². The summed E-state index contributed by atoms with van der Waals surface area (Å²) in [6.07, 6.45) is 0.105. The molecule has 0 saturated heterocycles. The molecular formula is C18H18ClNO3. The number of rotatable bonds is 5. The topological polar surface area (TPSA) is 55.4 Å². The third-order valence-electron chi connectivity index (χ3n) is 3.42. The van der Waals surface area contributed by atoms with Crippen molar-refractivity contribution < 1.29 is 14.3 Å². The van der Waals surface area contributed by atoms with Gasteiger partial charge in [-0.25, -0.2) is 0 Å². The summed E-state index contributed by atoms with van der Waals surface area (Å²) >= 11 is 5.78. The third kappa shape index (κ3) is 5.42. The molecule has 0 aliphatic carbocycles. The Balaban J connectivity index is 1.80. The second-order valence-electron chi connectivity index (χ2n) is 5.31. The Labute approximate surface area is 140 Å². The van der Waals surface area contributed by atoms with Crippen LogP contribution in [0.2, 0.25) is 5.02 Å². The normalized spacial score (nSPS) is 10.2. The molecule has 0 aliphatic rings. The van der Waals surface area contributed by atoms with Crippen LogP contribution in [0.3, 0.4) is 0 Å². The van der Waals surface area contributed by atoms with Gasteiger partial charge in [-0.1, -0.05) is 29.8 Å². The van der Waals surface area contributed by atoms with Gasteiger partial charge in [0.2, 0.25) is 0 Å². The van der Waals surface area contributed by atoms with E-state index >= 15 is 0 Å². The van der Waals surface area contributed by atoms with Gasteiger partial charge in [-0.3, -0.25) is 9.59 Å². The highest BCUT2D eigenvalue weighted by molar-refractivity contribution is 6.30.